The van der Waals surface area contributed by atoms with Crippen molar-refractivity contribution >= 4 is 10.4 Å². The number of aliphatic hydroxyl groups is 1. The predicted octanol–water partition coefficient (Wildman–Crippen LogP) is 0.409. The van der Waals surface area contributed by atoms with E-state index in [0.717, 1.165) is 5.56 Å². The number of rotatable bonds is 5. The van der Waals surface area contributed by atoms with Crippen LogP contribution >= 0.6 is 0 Å². The molecular formula is C9H12O5S. The molecule has 0 saturated heterocycles. The first kappa shape index (κ1) is 12.1. The molecule has 84 valence electrons. The number of aliphatic hydroxyl groups excluding tert-OH is 1. The van der Waals surface area contributed by atoms with Crippen molar-refractivity contribution in [2.45, 2.75) is 12.5 Å². The Labute approximate surface area is 88.3 Å². The first-order chi connectivity index (χ1) is 7.01. The van der Waals surface area contributed by atoms with Crippen molar-refractivity contribution in [3.63, 3.8) is 0 Å². The summed E-state index contributed by atoms with van der Waals surface area (Å²) in [5, 5.41) is 8.85. The quantitative estimate of drug-likeness (QED) is 0.718. The third kappa shape index (κ3) is 4.89. The average Bonchev–Trinajstić information content (AvgIpc) is 2.16. The molecule has 0 saturated carbocycles. The van der Waals surface area contributed by atoms with Gasteiger partial charge in [-0.1, -0.05) is 30.3 Å². The van der Waals surface area contributed by atoms with Gasteiger partial charge >= 0.3 is 10.4 Å². The molecule has 1 unspecified atom stereocenters. The fourth-order valence-corrected chi connectivity index (χ4v) is 1.65. The van der Waals surface area contributed by atoms with Crippen LogP contribution in [0.2, 0.25) is 0 Å². The van der Waals surface area contributed by atoms with E-state index in [0.29, 0.717) is 0 Å². The highest BCUT2D eigenvalue weighted by molar-refractivity contribution is 7.80. The molecule has 1 aromatic carbocycles. The van der Waals surface area contributed by atoms with Crippen molar-refractivity contribution in [2.24, 2.45) is 0 Å². The Kier molecular flexibility index (Phi) is 4.22. The molecule has 5 nitrogen and oxygen atoms in total. The molecule has 1 atom stereocenters. The zero-order valence-electron chi connectivity index (χ0n) is 7.91. The smallest absolute Gasteiger partial charge is 0.394 e. The molecule has 0 aliphatic heterocycles. The zero-order valence-corrected chi connectivity index (χ0v) is 8.72. The van der Waals surface area contributed by atoms with Gasteiger partial charge < -0.3 is 5.11 Å². The zero-order chi connectivity index (χ0) is 11.3. The topological polar surface area (TPSA) is 83.8 Å². The van der Waals surface area contributed by atoms with Gasteiger partial charge in [-0.3, -0.25) is 4.55 Å². The summed E-state index contributed by atoms with van der Waals surface area (Å²) in [7, 11) is -4.52. The molecule has 0 spiro atoms. The molecule has 2 N–H and O–H groups in total. The van der Waals surface area contributed by atoms with Crippen LogP contribution in [-0.4, -0.2) is 30.8 Å². The maximum absolute atomic E-state index is 10.4. The summed E-state index contributed by atoms with van der Waals surface area (Å²) in [5.41, 5.74) is 0.820. The minimum absolute atomic E-state index is 0.219. The summed E-state index contributed by atoms with van der Waals surface area (Å²) in [6.45, 7) is -0.477. The Hall–Kier alpha value is -0.950. The Morgan fingerprint density at radius 1 is 1.27 bits per heavy atom. The maximum atomic E-state index is 10.4. The fourth-order valence-electron chi connectivity index (χ4n) is 1.18. The molecule has 1 rings (SSSR count). The fraction of sp³-hybridized carbons (Fsp3) is 0.333. The molecule has 1 aromatic rings. The van der Waals surface area contributed by atoms with Crippen molar-refractivity contribution in [2.75, 3.05) is 6.61 Å². The molecule has 0 fully saturated rings. The van der Waals surface area contributed by atoms with Gasteiger partial charge in [0.2, 0.25) is 0 Å². The van der Waals surface area contributed by atoms with E-state index in [2.05, 4.69) is 4.18 Å². The summed E-state index contributed by atoms with van der Waals surface area (Å²) < 4.78 is 33.5. The van der Waals surface area contributed by atoms with Gasteiger partial charge in [-0.15, -0.1) is 0 Å². The van der Waals surface area contributed by atoms with Gasteiger partial charge in [-0.05, 0) is 5.56 Å². The van der Waals surface area contributed by atoms with E-state index in [-0.39, 0.29) is 6.42 Å². The van der Waals surface area contributed by atoms with Gasteiger partial charge in [0, 0.05) is 6.42 Å². The van der Waals surface area contributed by atoms with Gasteiger partial charge in [0.25, 0.3) is 0 Å². The van der Waals surface area contributed by atoms with E-state index in [1.807, 2.05) is 6.07 Å². The maximum Gasteiger partial charge on any atom is 0.397 e. The third-order valence-electron chi connectivity index (χ3n) is 1.77. The Bertz CT molecular complexity index is 386. The molecule has 0 aliphatic carbocycles. The van der Waals surface area contributed by atoms with Crippen molar-refractivity contribution in [1.82, 2.24) is 0 Å². The second kappa shape index (κ2) is 5.22. The SMILES string of the molecule is O=S(=O)(O)OC(CO)Cc1ccccc1. The van der Waals surface area contributed by atoms with Crippen LogP contribution in [-0.2, 0) is 21.0 Å². The van der Waals surface area contributed by atoms with Crippen molar-refractivity contribution in [3.8, 4) is 0 Å². The Morgan fingerprint density at radius 2 is 1.87 bits per heavy atom. The van der Waals surface area contributed by atoms with Crippen LogP contribution in [0.15, 0.2) is 30.3 Å². The summed E-state index contributed by atoms with van der Waals surface area (Å²) >= 11 is 0. The average molecular weight is 232 g/mol. The lowest BCUT2D eigenvalue weighted by molar-refractivity contribution is 0.108. The highest BCUT2D eigenvalue weighted by Gasteiger charge is 2.16. The highest BCUT2D eigenvalue weighted by Crippen LogP contribution is 2.07. The van der Waals surface area contributed by atoms with Crippen LogP contribution in [0.4, 0.5) is 0 Å². The van der Waals surface area contributed by atoms with E-state index in [9.17, 15) is 8.42 Å². The second-order valence-corrected chi connectivity index (χ2v) is 4.07. The molecule has 0 bridgehead atoms. The molecule has 0 aliphatic rings. The second-order valence-electron chi connectivity index (χ2n) is 3.02. The van der Waals surface area contributed by atoms with E-state index in [1.165, 1.54) is 0 Å². The summed E-state index contributed by atoms with van der Waals surface area (Å²) in [4.78, 5) is 0. The van der Waals surface area contributed by atoms with E-state index < -0.39 is 23.1 Å². The van der Waals surface area contributed by atoms with Gasteiger partial charge in [0.1, 0.15) is 6.10 Å². The first-order valence-electron chi connectivity index (χ1n) is 4.32. The molecule has 0 heterocycles. The summed E-state index contributed by atoms with van der Waals surface area (Å²) in [6, 6.07) is 8.95. The van der Waals surface area contributed by atoms with Crippen LogP contribution in [0.1, 0.15) is 5.56 Å². The Morgan fingerprint density at radius 3 is 2.33 bits per heavy atom. The summed E-state index contributed by atoms with van der Waals surface area (Å²) in [5.74, 6) is 0. The molecular weight excluding hydrogens is 220 g/mol. The number of hydrogen-bond donors (Lipinski definition) is 2. The lowest BCUT2D eigenvalue weighted by Crippen LogP contribution is -2.24. The van der Waals surface area contributed by atoms with Crippen molar-refractivity contribution in [3.05, 3.63) is 35.9 Å². The predicted molar refractivity (Wildman–Crippen MR) is 53.7 cm³/mol. The number of benzene rings is 1. The van der Waals surface area contributed by atoms with Crippen LogP contribution in [0.3, 0.4) is 0 Å². The van der Waals surface area contributed by atoms with Crippen molar-refractivity contribution in [1.29, 1.82) is 0 Å². The molecule has 15 heavy (non-hydrogen) atoms. The number of hydrogen-bond acceptors (Lipinski definition) is 4. The molecule has 6 heteroatoms. The molecule has 0 radical (unpaired) electrons. The highest BCUT2D eigenvalue weighted by atomic mass is 32.3. The van der Waals surface area contributed by atoms with Crippen molar-refractivity contribution < 1.29 is 22.3 Å². The Balaban J connectivity index is 2.63. The van der Waals surface area contributed by atoms with Gasteiger partial charge in [-0.2, -0.15) is 8.42 Å². The van der Waals surface area contributed by atoms with Crippen LogP contribution in [0.5, 0.6) is 0 Å². The normalized spacial score (nSPS) is 13.7. The van der Waals surface area contributed by atoms with E-state index in [1.54, 1.807) is 24.3 Å². The monoisotopic (exact) mass is 232 g/mol. The molecule has 0 aromatic heterocycles. The molecule has 0 amide bonds. The van der Waals surface area contributed by atoms with Crippen LogP contribution in [0.25, 0.3) is 0 Å². The standard InChI is InChI=1S/C9H12O5S/c10-7-9(14-15(11,12)13)6-8-4-2-1-3-5-8/h1-5,9-10H,6-7H2,(H,11,12,13). The van der Waals surface area contributed by atoms with Crippen LogP contribution in [0, 0.1) is 0 Å². The lowest BCUT2D eigenvalue weighted by Gasteiger charge is -2.12. The largest absolute Gasteiger partial charge is 0.397 e. The minimum atomic E-state index is -4.52. The van der Waals surface area contributed by atoms with Gasteiger partial charge in [-0.25, -0.2) is 4.18 Å². The summed E-state index contributed by atoms with van der Waals surface area (Å²) in [6.07, 6.45) is -0.737. The van der Waals surface area contributed by atoms with Gasteiger partial charge in [0.15, 0.2) is 0 Å². The third-order valence-corrected chi connectivity index (χ3v) is 2.28. The van der Waals surface area contributed by atoms with E-state index in [4.69, 9.17) is 9.66 Å². The lowest BCUT2D eigenvalue weighted by atomic mass is 10.1. The first-order valence-corrected chi connectivity index (χ1v) is 5.68. The van der Waals surface area contributed by atoms with E-state index >= 15 is 0 Å². The van der Waals surface area contributed by atoms with Crippen LogP contribution < -0.4 is 0 Å². The van der Waals surface area contributed by atoms with Gasteiger partial charge in [0.05, 0.1) is 6.61 Å². The minimum Gasteiger partial charge on any atom is -0.394 e.